The van der Waals surface area contributed by atoms with Crippen molar-refractivity contribution in [1.29, 1.82) is 0 Å². The van der Waals surface area contributed by atoms with Crippen LogP contribution in [-0.4, -0.2) is 10.9 Å². The van der Waals surface area contributed by atoms with Crippen LogP contribution in [0.2, 0.25) is 0 Å². The first-order valence-electron chi connectivity index (χ1n) is 4.21. The third-order valence-corrected chi connectivity index (χ3v) is 2.45. The number of amides is 1. The Kier molecular flexibility index (Phi) is 2.29. The molecule has 2 rings (SSSR count). The Morgan fingerprint density at radius 2 is 2.29 bits per heavy atom. The number of rotatable bonds is 1. The summed E-state index contributed by atoms with van der Waals surface area (Å²) in [5, 5.41) is 3.78. The lowest BCUT2D eigenvalue weighted by Crippen LogP contribution is -2.04. The maximum absolute atomic E-state index is 10.9. The predicted octanol–water partition coefficient (Wildman–Crippen LogP) is 2.89. The van der Waals surface area contributed by atoms with Gasteiger partial charge in [-0.15, -0.1) is 0 Å². The van der Waals surface area contributed by atoms with Gasteiger partial charge >= 0.3 is 0 Å². The molecule has 0 aliphatic carbocycles. The van der Waals surface area contributed by atoms with E-state index in [1.807, 2.05) is 18.2 Å². The molecule has 0 atom stereocenters. The summed E-state index contributed by atoms with van der Waals surface area (Å²) >= 11 is 3.39. The van der Waals surface area contributed by atoms with Gasteiger partial charge in [-0.05, 0) is 18.2 Å². The minimum absolute atomic E-state index is 0.0613. The van der Waals surface area contributed by atoms with Crippen LogP contribution in [-0.2, 0) is 4.79 Å². The largest absolute Gasteiger partial charge is 0.359 e. The molecule has 72 valence electrons. The molecular weight excluding hydrogens is 244 g/mol. The van der Waals surface area contributed by atoms with Crippen LogP contribution in [0.4, 0.5) is 5.69 Å². The second-order valence-corrected chi connectivity index (χ2v) is 3.99. The van der Waals surface area contributed by atoms with E-state index in [2.05, 4.69) is 26.2 Å². The first kappa shape index (κ1) is 9.27. The maximum Gasteiger partial charge on any atom is 0.221 e. The first-order chi connectivity index (χ1) is 6.66. The average Bonchev–Trinajstić information content (AvgIpc) is 2.47. The van der Waals surface area contributed by atoms with Crippen molar-refractivity contribution in [2.24, 2.45) is 0 Å². The molecule has 0 saturated carbocycles. The van der Waals surface area contributed by atoms with Crippen molar-refractivity contribution < 1.29 is 4.79 Å². The Labute approximate surface area is 89.6 Å². The second-order valence-electron chi connectivity index (χ2n) is 3.07. The second kappa shape index (κ2) is 3.46. The van der Waals surface area contributed by atoms with Gasteiger partial charge in [0.15, 0.2) is 0 Å². The van der Waals surface area contributed by atoms with Crippen LogP contribution in [0.15, 0.2) is 28.9 Å². The Balaban J connectivity index is 2.52. The number of anilines is 1. The summed E-state index contributed by atoms with van der Waals surface area (Å²) in [4.78, 5) is 14.0. The van der Waals surface area contributed by atoms with E-state index in [0.29, 0.717) is 0 Å². The SMILES string of the molecule is CC(=O)Nc1c[nH]c2cc(Br)ccc12. The van der Waals surface area contributed by atoms with Crippen molar-refractivity contribution in [3.8, 4) is 0 Å². The number of hydrogen-bond acceptors (Lipinski definition) is 1. The maximum atomic E-state index is 10.9. The van der Waals surface area contributed by atoms with Gasteiger partial charge < -0.3 is 10.3 Å². The minimum Gasteiger partial charge on any atom is -0.359 e. The van der Waals surface area contributed by atoms with Crippen molar-refractivity contribution >= 4 is 38.4 Å². The Morgan fingerprint density at radius 3 is 3.00 bits per heavy atom. The van der Waals surface area contributed by atoms with E-state index in [1.165, 1.54) is 6.92 Å². The fourth-order valence-corrected chi connectivity index (χ4v) is 1.75. The van der Waals surface area contributed by atoms with Crippen molar-refractivity contribution in [2.75, 3.05) is 5.32 Å². The zero-order chi connectivity index (χ0) is 10.1. The highest BCUT2D eigenvalue weighted by Crippen LogP contribution is 2.25. The molecule has 14 heavy (non-hydrogen) atoms. The predicted molar refractivity (Wildman–Crippen MR) is 60.3 cm³/mol. The number of hydrogen-bond donors (Lipinski definition) is 2. The number of halogens is 1. The molecule has 0 bridgehead atoms. The molecule has 1 amide bonds. The van der Waals surface area contributed by atoms with Gasteiger partial charge in [-0.3, -0.25) is 4.79 Å². The van der Waals surface area contributed by atoms with E-state index < -0.39 is 0 Å². The van der Waals surface area contributed by atoms with E-state index in [0.717, 1.165) is 21.1 Å². The number of aromatic amines is 1. The molecule has 1 aromatic carbocycles. The molecule has 2 aromatic rings. The van der Waals surface area contributed by atoms with Gasteiger partial charge in [-0.2, -0.15) is 0 Å². The fraction of sp³-hybridized carbons (Fsp3) is 0.100. The third-order valence-electron chi connectivity index (χ3n) is 1.95. The summed E-state index contributed by atoms with van der Waals surface area (Å²) in [6.45, 7) is 1.50. The molecule has 3 nitrogen and oxygen atoms in total. The normalized spacial score (nSPS) is 10.4. The van der Waals surface area contributed by atoms with Crippen LogP contribution in [0.3, 0.4) is 0 Å². The van der Waals surface area contributed by atoms with Crippen molar-refractivity contribution in [2.45, 2.75) is 6.92 Å². The summed E-state index contributed by atoms with van der Waals surface area (Å²) in [5.74, 6) is -0.0613. The summed E-state index contributed by atoms with van der Waals surface area (Å²) in [7, 11) is 0. The molecule has 0 unspecified atom stereocenters. The number of H-pyrrole nitrogens is 1. The molecule has 1 heterocycles. The van der Waals surface area contributed by atoms with Crippen LogP contribution in [0.5, 0.6) is 0 Å². The summed E-state index contributed by atoms with van der Waals surface area (Å²) in [6, 6.07) is 5.88. The molecule has 0 spiro atoms. The number of benzene rings is 1. The van der Waals surface area contributed by atoms with Crippen LogP contribution in [0.1, 0.15) is 6.92 Å². The molecule has 2 N–H and O–H groups in total. The van der Waals surface area contributed by atoms with Crippen molar-refractivity contribution in [1.82, 2.24) is 4.98 Å². The van der Waals surface area contributed by atoms with E-state index in [-0.39, 0.29) is 5.91 Å². The average molecular weight is 253 g/mol. The van der Waals surface area contributed by atoms with E-state index >= 15 is 0 Å². The van der Waals surface area contributed by atoms with E-state index in [9.17, 15) is 4.79 Å². The van der Waals surface area contributed by atoms with Gasteiger partial charge in [0.2, 0.25) is 5.91 Å². The van der Waals surface area contributed by atoms with Gasteiger partial charge in [-0.1, -0.05) is 15.9 Å². The summed E-state index contributed by atoms with van der Waals surface area (Å²) in [5.41, 5.74) is 1.82. The van der Waals surface area contributed by atoms with Gasteiger partial charge in [0.05, 0.1) is 5.69 Å². The number of aromatic nitrogens is 1. The first-order valence-corrected chi connectivity index (χ1v) is 5.00. The lowest BCUT2D eigenvalue weighted by Gasteiger charge is -1.98. The lowest BCUT2D eigenvalue weighted by molar-refractivity contribution is -0.114. The standard InChI is InChI=1S/C10H9BrN2O/c1-6(14)13-10-5-12-9-4-7(11)2-3-8(9)10/h2-5,12H,1H3,(H,13,14). The van der Waals surface area contributed by atoms with Crippen LogP contribution >= 0.6 is 15.9 Å². The minimum atomic E-state index is -0.0613. The molecule has 0 aliphatic rings. The van der Waals surface area contributed by atoms with E-state index in [4.69, 9.17) is 0 Å². The van der Waals surface area contributed by atoms with Crippen LogP contribution in [0.25, 0.3) is 10.9 Å². The zero-order valence-corrected chi connectivity index (χ0v) is 9.18. The van der Waals surface area contributed by atoms with Crippen LogP contribution in [0, 0.1) is 0 Å². The van der Waals surface area contributed by atoms with Gasteiger partial charge in [0.1, 0.15) is 0 Å². The summed E-state index contributed by atoms with van der Waals surface area (Å²) in [6.07, 6.45) is 1.79. The Hall–Kier alpha value is -1.29. The smallest absolute Gasteiger partial charge is 0.221 e. The number of carbonyl (C=O) groups excluding carboxylic acids is 1. The zero-order valence-electron chi connectivity index (χ0n) is 7.60. The molecule has 1 aromatic heterocycles. The summed E-state index contributed by atoms with van der Waals surface area (Å²) < 4.78 is 1.02. The fourth-order valence-electron chi connectivity index (χ4n) is 1.39. The van der Waals surface area contributed by atoms with Gasteiger partial charge in [0, 0.05) is 28.5 Å². The highest BCUT2D eigenvalue weighted by molar-refractivity contribution is 9.10. The molecule has 0 radical (unpaired) electrons. The highest BCUT2D eigenvalue weighted by atomic mass is 79.9. The van der Waals surface area contributed by atoms with Gasteiger partial charge in [-0.25, -0.2) is 0 Å². The number of nitrogens with one attached hydrogen (secondary N) is 2. The highest BCUT2D eigenvalue weighted by Gasteiger charge is 2.04. The molecule has 4 heteroatoms. The molecule has 0 aliphatic heterocycles. The van der Waals surface area contributed by atoms with Crippen LogP contribution < -0.4 is 5.32 Å². The molecule has 0 saturated heterocycles. The van der Waals surface area contributed by atoms with Gasteiger partial charge in [0.25, 0.3) is 0 Å². The lowest BCUT2D eigenvalue weighted by atomic mass is 10.2. The quantitative estimate of drug-likeness (QED) is 0.806. The van der Waals surface area contributed by atoms with Crippen molar-refractivity contribution in [3.63, 3.8) is 0 Å². The monoisotopic (exact) mass is 252 g/mol. The number of fused-ring (bicyclic) bond motifs is 1. The van der Waals surface area contributed by atoms with Crippen molar-refractivity contribution in [3.05, 3.63) is 28.9 Å². The third kappa shape index (κ3) is 1.65. The Morgan fingerprint density at radius 1 is 1.50 bits per heavy atom. The molecule has 0 fully saturated rings. The molecular formula is C10H9BrN2O. The Bertz CT molecular complexity index is 490. The number of carbonyl (C=O) groups is 1. The van der Waals surface area contributed by atoms with E-state index in [1.54, 1.807) is 6.20 Å². The topological polar surface area (TPSA) is 44.9 Å².